The van der Waals surface area contributed by atoms with E-state index in [1.54, 1.807) is 11.3 Å². The molecule has 27 heavy (non-hydrogen) atoms. The fraction of sp³-hybridized carbons (Fsp3) is 0.316. The first kappa shape index (κ1) is 19.4. The van der Waals surface area contributed by atoms with Crippen LogP contribution in [0.4, 0.5) is 5.69 Å². The lowest BCUT2D eigenvalue weighted by Gasteiger charge is -2.19. The molecule has 3 N–H and O–H groups in total. The van der Waals surface area contributed by atoms with Crippen molar-refractivity contribution in [3.63, 3.8) is 0 Å². The van der Waals surface area contributed by atoms with Crippen molar-refractivity contribution in [3.05, 3.63) is 47.3 Å². The second-order valence-corrected chi connectivity index (χ2v) is 9.49. The van der Waals surface area contributed by atoms with Gasteiger partial charge in [0.05, 0.1) is 10.1 Å². The molecule has 1 unspecified atom stereocenters. The van der Waals surface area contributed by atoms with E-state index in [2.05, 4.69) is 36.3 Å². The SMILES string of the molecule is CC(Sc1nnc(-c2cccs2)n1N)C(=O)Nc1ccc(C(C)(C)C)cc1. The van der Waals surface area contributed by atoms with E-state index in [9.17, 15) is 4.79 Å². The second kappa shape index (κ2) is 7.74. The maximum Gasteiger partial charge on any atom is 0.237 e. The summed E-state index contributed by atoms with van der Waals surface area (Å²) in [4.78, 5) is 13.5. The van der Waals surface area contributed by atoms with Crippen LogP contribution in [0, 0.1) is 0 Å². The first-order chi connectivity index (χ1) is 12.8. The molecule has 1 amide bonds. The Morgan fingerprint density at radius 3 is 2.52 bits per heavy atom. The number of amides is 1. The zero-order chi connectivity index (χ0) is 19.6. The predicted octanol–water partition coefficient (Wildman–Crippen LogP) is 4.14. The Morgan fingerprint density at radius 1 is 1.22 bits per heavy atom. The van der Waals surface area contributed by atoms with Crippen LogP contribution in [0.25, 0.3) is 10.7 Å². The van der Waals surface area contributed by atoms with Gasteiger partial charge in [0.25, 0.3) is 0 Å². The molecule has 6 nitrogen and oxygen atoms in total. The van der Waals surface area contributed by atoms with Crippen molar-refractivity contribution in [2.45, 2.75) is 43.5 Å². The normalized spacial score (nSPS) is 12.7. The van der Waals surface area contributed by atoms with Crippen molar-refractivity contribution in [2.75, 3.05) is 11.2 Å². The summed E-state index contributed by atoms with van der Waals surface area (Å²) in [6.45, 7) is 8.30. The predicted molar refractivity (Wildman–Crippen MR) is 113 cm³/mol. The topological polar surface area (TPSA) is 85.8 Å². The highest BCUT2D eigenvalue weighted by Gasteiger charge is 2.20. The lowest BCUT2D eigenvalue weighted by Crippen LogP contribution is -2.23. The number of nitrogens with two attached hydrogens (primary N) is 1. The molecule has 0 spiro atoms. The molecule has 1 atom stereocenters. The largest absolute Gasteiger partial charge is 0.335 e. The number of nitrogens with zero attached hydrogens (tertiary/aromatic N) is 3. The van der Waals surface area contributed by atoms with Gasteiger partial charge in [-0.05, 0) is 41.5 Å². The first-order valence-corrected chi connectivity index (χ1v) is 10.3. The van der Waals surface area contributed by atoms with E-state index in [0.717, 1.165) is 10.6 Å². The van der Waals surface area contributed by atoms with Crippen LogP contribution in [0.3, 0.4) is 0 Å². The highest BCUT2D eigenvalue weighted by Crippen LogP contribution is 2.28. The molecule has 1 aromatic carbocycles. The molecular formula is C19H23N5OS2. The van der Waals surface area contributed by atoms with Gasteiger partial charge in [0.1, 0.15) is 0 Å². The summed E-state index contributed by atoms with van der Waals surface area (Å²) in [5.74, 6) is 6.59. The molecule has 0 aliphatic heterocycles. The Bertz CT molecular complexity index is 911. The number of rotatable bonds is 5. The number of nitrogen functional groups attached to an aromatic ring is 1. The minimum Gasteiger partial charge on any atom is -0.335 e. The average molecular weight is 402 g/mol. The van der Waals surface area contributed by atoms with E-state index in [1.807, 2.05) is 48.7 Å². The molecule has 0 aliphatic rings. The van der Waals surface area contributed by atoms with E-state index in [-0.39, 0.29) is 16.6 Å². The molecule has 3 aromatic rings. The third kappa shape index (κ3) is 4.51. The number of thioether (sulfide) groups is 1. The summed E-state index contributed by atoms with van der Waals surface area (Å²) in [5.41, 5.74) is 2.08. The van der Waals surface area contributed by atoms with Gasteiger partial charge in [0.2, 0.25) is 11.1 Å². The summed E-state index contributed by atoms with van der Waals surface area (Å²) < 4.78 is 1.43. The maximum absolute atomic E-state index is 12.5. The maximum atomic E-state index is 12.5. The molecule has 8 heteroatoms. The van der Waals surface area contributed by atoms with Crippen molar-refractivity contribution >= 4 is 34.7 Å². The van der Waals surface area contributed by atoms with E-state index in [1.165, 1.54) is 22.0 Å². The highest BCUT2D eigenvalue weighted by molar-refractivity contribution is 8.00. The molecule has 142 valence electrons. The van der Waals surface area contributed by atoms with Crippen LogP contribution in [0.15, 0.2) is 46.9 Å². The number of aromatic nitrogens is 3. The lowest BCUT2D eigenvalue weighted by atomic mass is 9.87. The standard InChI is InChI=1S/C19H23N5OS2/c1-12(17(25)21-14-9-7-13(8-10-14)19(2,3)4)27-18-23-22-16(24(18)20)15-6-5-11-26-15/h5-12H,20H2,1-4H3,(H,21,25). The molecule has 0 saturated carbocycles. The average Bonchev–Trinajstić information content (AvgIpc) is 3.25. The summed E-state index contributed by atoms with van der Waals surface area (Å²) in [7, 11) is 0. The van der Waals surface area contributed by atoms with Gasteiger partial charge < -0.3 is 11.2 Å². The molecule has 0 aliphatic carbocycles. The van der Waals surface area contributed by atoms with E-state index in [0.29, 0.717) is 11.0 Å². The lowest BCUT2D eigenvalue weighted by molar-refractivity contribution is -0.115. The monoisotopic (exact) mass is 401 g/mol. The van der Waals surface area contributed by atoms with Gasteiger partial charge in [-0.3, -0.25) is 4.79 Å². The van der Waals surface area contributed by atoms with E-state index in [4.69, 9.17) is 5.84 Å². The Hall–Kier alpha value is -2.32. The highest BCUT2D eigenvalue weighted by atomic mass is 32.2. The van der Waals surface area contributed by atoms with Gasteiger partial charge in [0.15, 0.2) is 5.82 Å². The number of carbonyl (C=O) groups excluding carboxylic acids is 1. The summed E-state index contributed by atoms with van der Waals surface area (Å²) in [5, 5.41) is 13.3. The van der Waals surface area contributed by atoms with Gasteiger partial charge in [-0.1, -0.05) is 50.7 Å². The molecular weight excluding hydrogens is 378 g/mol. The van der Waals surface area contributed by atoms with Gasteiger partial charge in [-0.15, -0.1) is 21.5 Å². The molecule has 0 bridgehead atoms. The van der Waals surface area contributed by atoms with Crippen molar-refractivity contribution in [1.82, 2.24) is 14.9 Å². The smallest absolute Gasteiger partial charge is 0.237 e. The number of nitrogens with one attached hydrogen (secondary N) is 1. The molecule has 2 aromatic heterocycles. The zero-order valence-corrected chi connectivity index (χ0v) is 17.4. The first-order valence-electron chi connectivity index (χ1n) is 8.58. The fourth-order valence-electron chi connectivity index (χ4n) is 2.44. The number of thiophene rings is 1. The number of hydrogen-bond donors (Lipinski definition) is 2. The van der Waals surface area contributed by atoms with Crippen LogP contribution in [-0.4, -0.2) is 26.0 Å². The van der Waals surface area contributed by atoms with Crippen molar-refractivity contribution in [2.24, 2.45) is 0 Å². The van der Waals surface area contributed by atoms with Crippen LogP contribution < -0.4 is 11.2 Å². The summed E-state index contributed by atoms with van der Waals surface area (Å²) in [6.07, 6.45) is 0. The molecule has 0 saturated heterocycles. The minimum absolute atomic E-state index is 0.0805. The van der Waals surface area contributed by atoms with Gasteiger partial charge >= 0.3 is 0 Å². The number of hydrogen-bond acceptors (Lipinski definition) is 6. The van der Waals surface area contributed by atoms with E-state index >= 15 is 0 Å². The second-order valence-electron chi connectivity index (χ2n) is 7.23. The number of benzene rings is 1. The number of anilines is 1. The third-order valence-corrected chi connectivity index (χ3v) is 6.00. The van der Waals surface area contributed by atoms with Crippen LogP contribution >= 0.6 is 23.1 Å². The van der Waals surface area contributed by atoms with Crippen molar-refractivity contribution < 1.29 is 4.79 Å². The fourth-order valence-corrected chi connectivity index (χ4v) is 3.92. The van der Waals surface area contributed by atoms with Crippen molar-refractivity contribution in [3.8, 4) is 10.7 Å². The summed E-state index contributed by atoms with van der Waals surface area (Å²) in [6, 6.07) is 11.8. The van der Waals surface area contributed by atoms with E-state index < -0.39 is 0 Å². The molecule has 0 fully saturated rings. The van der Waals surface area contributed by atoms with Crippen LogP contribution in [0.5, 0.6) is 0 Å². The van der Waals surface area contributed by atoms with Crippen LogP contribution in [0.2, 0.25) is 0 Å². The zero-order valence-electron chi connectivity index (χ0n) is 15.8. The van der Waals surface area contributed by atoms with Gasteiger partial charge in [-0.25, -0.2) is 4.68 Å². The molecule has 2 heterocycles. The van der Waals surface area contributed by atoms with Gasteiger partial charge in [0, 0.05) is 5.69 Å². The Labute approximate surface area is 167 Å². The van der Waals surface area contributed by atoms with Crippen LogP contribution in [-0.2, 0) is 10.2 Å². The Morgan fingerprint density at radius 2 is 1.93 bits per heavy atom. The van der Waals surface area contributed by atoms with Crippen molar-refractivity contribution in [1.29, 1.82) is 0 Å². The molecule has 0 radical (unpaired) electrons. The molecule has 3 rings (SSSR count). The minimum atomic E-state index is -0.366. The summed E-state index contributed by atoms with van der Waals surface area (Å²) >= 11 is 2.82. The Balaban J connectivity index is 1.64. The number of carbonyl (C=O) groups is 1. The Kier molecular flexibility index (Phi) is 5.57. The third-order valence-electron chi connectivity index (χ3n) is 4.08. The quantitative estimate of drug-likeness (QED) is 0.496. The van der Waals surface area contributed by atoms with Gasteiger partial charge in [-0.2, -0.15) is 0 Å². The van der Waals surface area contributed by atoms with Crippen LogP contribution in [0.1, 0.15) is 33.3 Å².